The van der Waals surface area contributed by atoms with Gasteiger partial charge in [0.05, 0.1) is 5.92 Å². The summed E-state index contributed by atoms with van der Waals surface area (Å²) in [6.45, 7) is 3.72. The van der Waals surface area contributed by atoms with Crippen LogP contribution < -0.4 is 0 Å². The molecule has 0 rings (SSSR count). The van der Waals surface area contributed by atoms with Gasteiger partial charge in [0.1, 0.15) is 5.78 Å². The fourth-order valence-corrected chi connectivity index (χ4v) is 0.821. The van der Waals surface area contributed by atoms with E-state index in [1.165, 1.54) is 0 Å². The van der Waals surface area contributed by atoms with Crippen molar-refractivity contribution in [2.24, 2.45) is 5.92 Å². The molecule has 57 valence electrons. The van der Waals surface area contributed by atoms with Crippen LogP contribution in [-0.2, 0) is 9.59 Å². The van der Waals surface area contributed by atoms with Gasteiger partial charge in [-0.2, -0.15) is 0 Å². The van der Waals surface area contributed by atoms with Gasteiger partial charge < -0.3 is 0 Å². The molecule has 0 aliphatic carbocycles. The third-order valence-corrected chi connectivity index (χ3v) is 1.46. The molecule has 0 aromatic rings. The molecule has 0 N–H and O–H groups in total. The number of ketones is 1. The first-order chi connectivity index (χ1) is 4.76. The summed E-state index contributed by atoms with van der Waals surface area (Å²) in [6, 6.07) is 0. The quantitative estimate of drug-likeness (QED) is 0.543. The Balaban J connectivity index is 3.80. The van der Waals surface area contributed by atoms with E-state index in [1.54, 1.807) is 13.2 Å². The topological polar surface area (TPSA) is 34.1 Å². The van der Waals surface area contributed by atoms with Crippen molar-refractivity contribution in [1.82, 2.24) is 0 Å². The Bertz CT molecular complexity index is 118. The van der Waals surface area contributed by atoms with Crippen LogP contribution in [0, 0.1) is 5.92 Å². The van der Waals surface area contributed by atoms with E-state index in [0.717, 1.165) is 6.42 Å². The van der Waals surface area contributed by atoms with Gasteiger partial charge in [0.2, 0.25) is 6.29 Å². The van der Waals surface area contributed by atoms with Crippen LogP contribution in [0.5, 0.6) is 0 Å². The zero-order valence-corrected chi connectivity index (χ0v) is 6.52. The Morgan fingerprint density at radius 1 is 1.50 bits per heavy atom. The molecule has 0 amide bonds. The zero-order valence-electron chi connectivity index (χ0n) is 6.52. The summed E-state index contributed by atoms with van der Waals surface area (Å²) in [5, 5.41) is 0. The molecule has 1 radical (unpaired) electrons. The SMILES string of the molecule is CCCC([C]=O)C(=O)CC. The monoisotopic (exact) mass is 141 g/mol. The van der Waals surface area contributed by atoms with Gasteiger partial charge in [-0.1, -0.05) is 20.3 Å². The lowest BCUT2D eigenvalue weighted by atomic mass is 9.99. The smallest absolute Gasteiger partial charge is 0.209 e. The van der Waals surface area contributed by atoms with E-state index >= 15 is 0 Å². The Morgan fingerprint density at radius 2 is 2.10 bits per heavy atom. The molecular weight excluding hydrogens is 128 g/mol. The van der Waals surface area contributed by atoms with E-state index in [2.05, 4.69) is 0 Å². The first kappa shape index (κ1) is 9.34. The summed E-state index contributed by atoms with van der Waals surface area (Å²) < 4.78 is 0. The summed E-state index contributed by atoms with van der Waals surface area (Å²) in [6.07, 6.45) is 3.71. The summed E-state index contributed by atoms with van der Waals surface area (Å²) in [5.74, 6) is -0.452. The highest BCUT2D eigenvalue weighted by molar-refractivity contribution is 5.93. The van der Waals surface area contributed by atoms with Crippen molar-refractivity contribution in [3.05, 3.63) is 0 Å². The maximum Gasteiger partial charge on any atom is 0.209 e. The minimum absolute atomic E-state index is 0.0110. The van der Waals surface area contributed by atoms with Crippen LogP contribution in [0.3, 0.4) is 0 Å². The van der Waals surface area contributed by atoms with Crippen LogP contribution in [0.15, 0.2) is 0 Å². The van der Waals surface area contributed by atoms with Crippen molar-refractivity contribution < 1.29 is 9.59 Å². The van der Waals surface area contributed by atoms with Gasteiger partial charge in [0.25, 0.3) is 0 Å². The molecule has 0 heterocycles. The molecule has 2 nitrogen and oxygen atoms in total. The molecule has 0 saturated heterocycles. The van der Waals surface area contributed by atoms with Crippen LogP contribution in [0.1, 0.15) is 33.1 Å². The molecule has 1 atom stereocenters. The van der Waals surface area contributed by atoms with Gasteiger partial charge in [0, 0.05) is 6.42 Å². The summed E-state index contributed by atoms with van der Waals surface area (Å²) in [4.78, 5) is 21.0. The van der Waals surface area contributed by atoms with Gasteiger partial charge in [-0.25, -0.2) is 0 Å². The average molecular weight is 141 g/mol. The minimum atomic E-state index is -0.463. The highest BCUT2D eigenvalue weighted by Gasteiger charge is 2.14. The molecular formula is C8H13O2. The maximum absolute atomic E-state index is 10.9. The molecule has 0 aliphatic rings. The lowest BCUT2D eigenvalue weighted by Crippen LogP contribution is -2.14. The Hall–Kier alpha value is -0.660. The first-order valence-electron chi connectivity index (χ1n) is 3.66. The highest BCUT2D eigenvalue weighted by Crippen LogP contribution is 2.05. The van der Waals surface area contributed by atoms with E-state index in [4.69, 9.17) is 0 Å². The van der Waals surface area contributed by atoms with Crippen LogP contribution >= 0.6 is 0 Å². The molecule has 0 aromatic carbocycles. The number of Topliss-reactive ketones (excluding diaryl/α,β-unsaturated/α-hetero) is 1. The average Bonchev–Trinajstić information content (AvgIpc) is 1.99. The molecule has 0 saturated carbocycles. The highest BCUT2D eigenvalue weighted by atomic mass is 16.1. The normalized spacial score (nSPS) is 12.6. The third-order valence-electron chi connectivity index (χ3n) is 1.46. The Kier molecular flexibility index (Phi) is 4.81. The van der Waals surface area contributed by atoms with Crippen LogP contribution in [0.25, 0.3) is 0 Å². The van der Waals surface area contributed by atoms with Crippen LogP contribution in [-0.4, -0.2) is 12.1 Å². The zero-order chi connectivity index (χ0) is 7.98. The van der Waals surface area contributed by atoms with Gasteiger partial charge in [0.15, 0.2) is 0 Å². The fourth-order valence-electron chi connectivity index (χ4n) is 0.821. The predicted octanol–water partition coefficient (Wildman–Crippen LogP) is 1.49. The van der Waals surface area contributed by atoms with Gasteiger partial charge in [-0.3, -0.25) is 9.59 Å². The lowest BCUT2D eigenvalue weighted by Gasteiger charge is -2.02. The molecule has 10 heavy (non-hydrogen) atoms. The maximum atomic E-state index is 10.9. The van der Waals surface area contributed by atoms with E-state index in [1.807, 2.05) is 6.92 Å². The van der Waals surface area contributed by atoms with Crippen molar-refractivity contribution >= 4 is 12.1 Å². The number of rotatable bonds is 5. The molecule has 2 heteroatoms. The molecule has 0 aromatic heterocycles. The van der Waals surface area contributed by atoms with Crippen molar-refractivity contribution in [3.8, 4) is 0 Å². The largest absolute Gasteiger partial charge is 0.299 e. The number of hydrogen-bond acceptors (Lipinski definition) is 2. The van der Waals surface area contributed by atoms with Crippen molar-refractivity contribution in [1.29, 1.82) is 0 Å². The van der Waals surface area contributed by atoms with Gasteiger partial charge in [-0.05, 0) is 6.42 Å². The second kappa shape index (κ2) is 5.15. The fraction of sp³-hybridized carbons (Fsp3) is 0.750. The Morgan fingerprint density at radius 3 is 2.40 bits per heavy atom. The number of carbonyl (C=O) groups is 1. The van der Waals surface area contributed by atoms with Crippen LogP contribution in [0.2, 0.25) is 0 Å². The van der Waals surface area contributed by atoms with E-state index in [9.17, 15) is 9.59 Å². The van der Waals surface area contributed by atoms with E-state index in [0.29, 0.717) is 12.8 Å². The Labute approximate surface area is 61.6 Å². The van der Waals surface area contributed by atoms with Crippen LogP contribution in [0.4, 0.5) is 0 Å². The third kappa shape index (κ3) is 2.76. The standard InChI is InChI=1S/C8H13O2/c1-3-5-7(6-9)8(10)4-2/h7H,3-5H2,1-2H3. The van der Waals surface area contributed by atoms with Gasteiger partial charge in [-0.15, -0.1) is 0 Å². The first-order valence-corrected chi connectivity index (χ1v) is 3.66. The molecule has 0 aliphatic heterocycles. The summed E-state index contributed by atoms with van der Waals surface area (Å²) in [5.41, 5.74) is 0. The molecule has 0 fully saturated rings. The van der Waals surface area contributed by atoms with Crippen molar-refractivity contribution in [2.75, 3.05) is 0 Å². The van der Waals surface area contributed by atoms with Crippen molar-refractivity contribution in [2.45, 2.75) is 33.1 Å². The van der Waals surface area contributed by atoms with Crippen molar-refractivity contribution in [3.63, 3.8) is 0 Å². The predicted molar refractivity (Wildman–Crippen MR) is 39.4 cm³/mol. The van der Waals surface area contributed by atoms with E-state index < -0.39 is 5.92 Å². The van der Waals surface area contributed by atoms with E-state index in [-0.39, 0.29) is 5.78 Å². The number of hydrogen-bond donors (Lipinski definition) is 0. The molecule has 0 spiro atoms. The second-order valence-corrected chi connectivity index (χ2v) is 2.28. The van der Waals surface area contributed by atoms with Gasteiger partial charge >= 0.3 is 0 Å². The summed E-state index contributed by atoms with van der Waals surface area (Å²) in [7, 11) is 0. The minimum Gasteiger partial charge on any atom is -0.299 e. The molecule has 1 unspecified atom stereocenters. The molecule has 0 bridgehead atoms. The summed E-state index contributed by atoms with van der Waals surface area (Å²) >= 11 is 0. The number of carbonyl (C=O) groups excluding carboxylic acids is 2. The second-order valence-electron chi connectivity index (χ2n) is 2.28. The lowest BCUT2D eigenvalue weighted by molar-refractivity contribution is -0.120.